The van der Waals surface area contributed by atoms with E-state index in [-0.39, 0.29) is 5.75 Å². The quantitative estimate of drug-likeness (QED) is 0.302. The van der Waals surface area contributed by atoms with Crippen LogP contribution in [-0.2, 0) is 0 Å². The molecule has 5 aromatic rings. The Kier molecular flexibility index (Phi) is 4.65. The van der Waals surface area contributed by atoms with E-state index in [1.165, 1.54) is 5.56 Å². The molecule has 1 nitrogen and oxygen atoms in total. The van der Waals surface area contributed by atoms with Crippen LogP contribution in [0.1, 0.15) is 11.1 Å². The van der Waals surface area contributed by atoms with Crippen molar-refractivity contribution in [3.8, 4) is 28.0 Å². The van der Waals surface area contributed by atoms with Gasteiger partial charge in [-0.3, -0.25) is 0 Å². The maximum atomic E-state index is 10.1. The van der Waals surface area contributed by atoms with Crippen LogP contribution >= 0.6 is 0 Å². The highest BCUT2D eigenvalue weighted by molar-refractivity contribution is 6.21. The maximum Gasteiger partial charge on any atom is 0.116 e. The Morgan fingerprint density at radius 3 is 1.77 bits per heavy atom. The van der Waals surface area contributed by atoms with Gasteiger partial charge < -0.3 is 5.11 Å². The van der Waals surface area contributed by atoms with Gasteiger partial charge in [-0.05, 0) is 67.1 Å². The summed E-state index contributed by atoms with van der Waals surface area (Å²) >= 11 is 0. The van der Waals surface area contributed by atoms with Crippen molar-refractivity contribution in [2.75, 3.05) is 0 Å². The number of phenols is 1. The summed E-state index contributed by atoms with van der Waals surface area (Å²) in [4.78, 5) is 0. The predicted octanol–water partition coefficient (Wildman–Crippen LogP) is 8.32. The van der Waals surface area contributed by atoms with Gasteiger partial charge in [-0.2, -0.15) is 0 Å². The van der Waals surface area contributed by atoms with Gasteiger partial charge in [0.05, 0.1) is 0 Å². The molecule has 0 saturated carbocycles. The van der Waals surface area contributed by atoms with Crippen molar-refractivity contribution < 1.29 is 5.11 Å². The van der Waals surface area contributed by atoms with Crippen LogP contribution in [0.4, 0.5) is 0 Å². The number of fused-ring (bicyclic) bond motifs is 3. The Labute approximate surface area is 182 Å². The van der Waals surface area contributed by atoms with Crippen LogP contribution in [0.2, 0.25) is 0 Å². The topological polar surface area (TPSA) is 20.2 Å². The summed E-state index contributed by atoms with van der Waals surface area (Å²) < 4.78 is 0. The van der Waals surface area contributed by atoms with Gasteiger partial charge in [0.2, 0.25) is 0 Å². The lowest BCUT2D eigenvalue weighted by Gasteiger charge is -2.22. The highest BCUT2D eigenvalue weighted by Gasteiger charge is 2.20. The molecular weight excluding hydrogens is 376 g/mol. The highest BCUT2D eigenvalue weighted by Crippen LogP contribution is 2.46. The van der Waals surface area contributed by atoms with Crippen molar-refractivity contribution in [2.24, 2.45) is 0 Å². The average molecular weight is 399 g/mol. The molecular formula is C30H22O. The van der Waals surface area contributed by atoms with Crippen LogP contribution in [-0.4, -0.2) is 5.11 Å². The maximum absolute atomic E-state index is 10.1. The van der Waals surface area contributed by atoms with Crippen molar-refractivity contribution in [3.05, 3.63) is 115 Å². The molecule has 5 aromatic carbocycles. The second kappa shape index (κ2) is 7.62. The van der Waals surface area contributed by atoms with E-state index in [2.05, 4.69) is 73.8 Å². The van der Waals surface area contributed by atoms with Crippen LogP contribution in [0, 0.1) is 0 Å². The first-order chi connectivity index (χ1) is 15.2. The molecule has 0 aliphatic rings. The molecule has 0 unspecified atom stereocenters. The summed E-state index contributed by atoms with van der Waals surface area (Å²) in [5, 5.41) is 14.5. The number of hydrogen-bond donors (Lipinski definition) is 1. The third-order valence-corrected chi connectivity index (χ3v) is 5.89. The Balaban J connectivity index is 2.12. The van der Waals surface area contributed by atoms with Gasteiger partial charge in [-0.15, -0.1) is 0 Å². The fourth-order valence-electron chi connectivity index (χ4n) is 4.58. The molecule has 148 valence electrons. The standard InChI is InChI=1S/C30H22O/c1-3-24-25(4-2)28(20-11-7-5-8-12-20)29(21-13-9-6-10-14-21)30-26-18-16-23(31)19-22(26)15-17-27(24)30/h3-19,31H,1-2H2. The van der Waals surface area contributed by atoms with E-state index in [0.717, 1.165) is 49.4 Å². The number of rotatable bonds is 4. The van der Waals surface area contributed by atoms with Gasteiger partial charge in [-0.25, -0.2) is 0 Å². The van der Waals surface area contributed by atoms with Gasteiger partial charge in [0.25, 0.3) is 0 Å². The van der Waals surface area contributed by atoms with Gasteiger partial charge >= 0.3 is 0 Å². The van der Waals surface area contributed by atoms with E-state index in [0.29, 0.717) is 0 Å². The third-order valence-electron chi connectivity index (χ3n) is 5.89. The molecule has 0 aliphatic carbocycles. The van der Waals surface area contributed by atoms with E-state index >= 15 is 0 Å². The normalized spacial score (nSPS) is 11.0. The van der Waals surface area contributed by atoms with Crippen LogP contribution in [0.15, 0.2) is 104 Å². The number of benzene rings is 5. The fourth-order valence-corrected chi connectivity index (χ4v) is 4.58. The number of aromatic hydroxyl groups is 1. The first-order valence-electron chi connectivity index (χ1n) is 10.3. The number of hydrogen-bond acceptors (Lipinski definition) is 1. The second-order valence-corrected chi connectivity index (χ2v) is 7.61. The van der Waals surface area contributed by atoms with E-state index in [1.54, 1.807) is 6.07 Å². The van der Waals surface area contributed by atoms with Crippen molar-refractivity contribution in [1.82, 2.24) is 0 Å². The molecule has 0 aromatic heterocycles. The Morgan fingerprint density at radius 1 is 0.581 bits per heavy atom. The van der Waals surface area contributed by atoms with Crippen LogP contribution < -0.4 is 0 Å². The molecule has 0 atom stereocenters. The Bertz CT molecular complexity index is 1440. The summed E-state index contributed by atoms with van der Waals surface area (Å²) in [7, 11) is 0. The average Bonchev–Trinajstić information content (AvgIpc) is 2.83. The monoisotopic (exact) mass is 398 g/mol. The van der Waals surface area contributed by atoms with E-state index in [9.17, 15) is 5.11 Å². The fraction of sp³-hybridized carbons (Fsp3) is 0. The van der Waals surface area contributed by atoms with Gasteiger partial charge in [0.1, 0.15) is 5.75 Å². The van der Waals surface area contributed by atoms with Crippen molar-refractivity contribution in [1.29, 1.82) is 0 Å². The van der Waals surface area contributed by atoms with E-state index in [1.807, 2.05) is 36.4 Å². The Morgan fingerprint density at radius 2 is 1.16 bits per heavy atom. The zero-order valence-corrected chi connectivity index (χ0v) is 17.2. The van der Waals surface area contributed by atoms with Gasteiger partial charge in [0, 0.05) is 0 Å². The molecule has 0 spiro atoms. The molecule has 31 heavy (non-hydrogen) atoms. The summed E-state index contributed by atoms with van der Waals surface area (Å²) in [5.74, 6) is 0.267. The minimum atomic E-state index is 0.267. The molecule has 0 heterocycles. The summed E-state index contributed by atoms with van der Waals surface area (Å²) in [6.07, 6.45) is 3.86. The van der Waals surface area contributed by atoms with Crippen LogP contribution in [0.5, 0.6) is 5.75 Å². The molecule has 0 aliphatic heterocycles. The molecule has 5 rings (SSSR count). The predicted molar refractivity (Wildman–Crippen MR) is 134 cm³/mol. The highest BCUT2D eigenvalue weighted by atomic mass is 16.3. The minimum Gasteiger partial charge on any atom is -0.508 e. The zero-order valence-electron chi connectivity index (χ0n) is 17.2. The van der Waals surface area contributed by atoms with E-state index < -0.39 is 0 Å². The smallest absolute Gasteiger partial charge is 0.116 e. The first kappa shape index (κ1) is 18.9. The lowest BCUT2D eigenvalue weighted by atomic mass is 9.81. The molecule has 0 amide bonds. The van der Waals surface area contributed by atoms with Crippen LogP contribution in [0.25, 0.3) is 56.0 Å². The van der Waals surface area contributed by atoms with Crippen molar-refractivity contribution in [2.45, 2.75) is 0 Å². The Hall–Kier alpha value is -4.10. The van der Waals surface area contributed by atoms with Crippen LogP contribution in [0.3, 0.4) is 0 Å². The molecule has 1 heteroatoms. The third kappa shape index (κ3) is 3.03. The largest absolute Gasteiger partial charge is 0.508 e. The molecule has 0 radical (unpaired) electrons. The first-order valence-corrected chi connectivity index (χ1v) is 10.3. The second-order valence-electron chi connectivity index (χ2n) is 7.61. The van der Waals surface area contributed by atoms with Crippen molar-refractivity contribution in [3.63, 3.8) is 0 Å². The van der Waals surface area contributed by atoms with E-state index in [4.69, 9.17) is 0 Å². The molecule has 0 bridgehead atoms. The lowest BCUT2D eigenvalue weighted by molar-refractivity contribution is 0.476. The van der Waals surface area contributed by atoms with Gasteiger partial charge in [0.15, 0.2) is 0 Å². The molecule has 0 fully saturated rings. The summed E-state index contributed by atoms with van der Waals surface area (Å²) in [6, 6.07) is 30.7. The molecule has 1 N–H and O–H groups in total. The SMILES string of the molecule is C=Cc1c(-c2ccccc2)c(-c2ccccc2)c2c(ccc3cc(O)ccc32)c1C=C. The zero-order chi connectivity index (χ0) is 21.4. The summed E-state index contributed by atoms with van der Waals surface area (Å²) in [6.45, 7) is 8.29. The molecule has 0 saturated heterocycles. The minimum absolute atomic E-state index is 0.267. The summed E-state index contributed by atoms with van der Waals surface area (Å²) in [5.41, 5.74) is 6.73. The number of phenolic OH excluding ortho intramolecular Hbond substituents is 1. The lowest BCUT2D eigenvalue weighted by Crippen LogP contribution is -1.97. The van der Waals surface area contributed by atoms with Gasteiger partial charge in [-0.1, -0.05) is 104 Å². The van der Waals surface area contributed by atoms with Crippen molar-refractivity contribution >= 4 is 33.7 Å².